The van der Waals surface area contributed by atoms with Crippen molar-refractivity contribution in [2.45, 2.75) is 43.6 Å². The zero-order valence-electron chi connectivity index (χ0n) is 15.1. The molecule has 2 aromatic carbocycles. The molecule has 6 atom stereocenters. The van der Waals surface area contributed by atoms with Crippen LogP contribution < -0.4 is 0 Å². The van der Waals surface area contributed by atoms with Gasteiger partial charge in [-0.3, -0.25) is 0 Å². The fourth-order valence-electron chi connectivity index (χ4n) is 3.49. The van der Waals surface area contributed by atoms with Crippen LogP contribution in [0.25, 0.3) is 0 Å². The second-order valence-electron chi connectivity index (χ2n) is 6.71. The summed E-state index contributed by atoms with van der Waals surface area (Å²) in [7, 11) is 1.50. The third-order valence-corrected chi connectivity index (χ3v) is 4.90. The number of benzene rings is 2. The van der Waals surface area contributed by atoms with E-state index in [1.807, 2.05) is 60.7 Å². The Bertz CT molecular complexity index is 709. The Hall–Kier alpha value is -1.80. The molecule has 0 amide bonds. The lowest BCUT2D eigenvalue weighted by Gasteiger charge is -2.47. The molecule has 0 bridgehead atoms. The monoisotopic (exact) mass is 372 g/mol. The van der Waals surface area contributed by atoms with E-state index in [2.05, 4.69) is 0 Å². The van der Waals surface area contributed by atoms with Crippen molar-refractivity contribution in [2.75, 3.05) is 13.7 Å². The Labute approximate surface area is 158 Å². The number of fused-ring (bicyclic) bond motifs is 1. The van der Waals surface area contributed by atoms with Crippen LogP contribution in [0.1, 0.15) is 17.4 Å². The second kappa shape index (κ2) is 8.48. The maximum atomic E-state index is 10.7. The predicted octanol–water partition coefficient (Wildman–Crippen LogP) is 2.42. The summed E-state index contributed by atoms with van der Waals surface area (Å²) in [5.74, 6) is 0. The van der Waals surface area contributed by atoms with E-state index in [0.29, 0.717) is 13.2 Å². The Balaban J connectivity index is 1.51. The predicted molar refractivity (Wildman–Crippen MR) is 96.7 cm³/mol. The SMILES string of the molecule is CO[C@H]1O[C@@H]2COC(c3ccccc3)O[C@H]2[C@H](OCc2ccccc2)[C@H]1O. The van der Waals surface area contributed by atoms with Gasteiger partial charge in [-0.25, -0.2) is 0 Å². The maximum absolute atomic E-state index is 10.7. The van der Waals surface area contributed by atoms with Gasteiger partial charge in [0.15, 0.2) is 12.6 Å². The van der Waals surface area contributed by atoms with Gasteiger partial charge in [-0.05, 0) is 5.56 Å². The van der Waals surface area contributed by atoms with Crippen LogP contribution in [0.4, 0.5) is 0 Å². The van der Waals surface area contributed by atoms with Gasteiger partial charge < -0.3 is 28.8 Å². The molecule has 1 unspecified atom stereocenters. The number of ether oxygens (including phenoxy) is 5. The summed E-state index contributed by atoms with van der Waals surface area (Å²) in [6.07, 6.45) is -3.70. The molecule has 2 aromatic rings. The van der Waals surface area contributed by atoms with Crippen molar-refractivity contribution in [2.24, 2.45) is 0 Å². The van der Waals surface area contributed by atoms with E-state index in [1.54, 1.807) is 0 Å². The lowest BCUT2D eigenvalue weighted by Crippen LogP contribution is -2.62. The number of aliphatic hydroxyl groups excluding tert-OH is 1. The molecule has 144 valence electrons. The molecule has 0 spiro atoms. The van der Waals surface area contributed by atoms with E-state index in [4.69, 9.17) is 23.7 Å². The largest absolute Gasteiger partial charge is 0.385 e. The minimum atomic E-state index is -0.963. The molecule has 2 saturated heterocycles. The van der Waals surface area contributed by atoms with Crippen molar-refractivity contribution in [3.05, 3.63) is 71.8 Å². The fourth-order valence-corrected chi connectivity index (χ4v) is 3.49. The first-order chi connectivity index (χ1) is 13.3. The molecular weight excluding hydrogens is 348 g/mol. The summed E-state index contributed by atoms with van der Waals surface area (Å²) >= 11 is 0. The highest BCUT2D eigenvalue weighted by atomic mass is 16.8. The van der Waals surface area contributed by atoms with Gasteiger partial charge in [0.1, 0.15) is 24.4 Å². The first kappa shape index (κ1) is 18.6. The zero-order chi connectivity index (χ0) is 18.6. The summed E-state index contributed by atoms with van der Waals surface area (Å²) in [5, 5.41) is 10.7. The summed E-state index contributed by atoms with van der Waals surface area (Å²) in [6, 6.07) is 19.5. The number of rotatable bonds is 5. The van der Waals surface area contributed by atoms with Crippen LogP contribution in [0.3, 0.4) is 0 Å². The van der Waals surface area contributed by atoms with Gasteiger partial charge in [-0.15, -0.1) is 0 Å². The highest BCUT2D eigenvalue weighted by Crippen LogP contribution is 2.35. The molecule has 6 nitrogen and oxygen atoms in total. The summed E-state index contributed by atoms with van der Waals surface area (Å²) in [5.41, 5.74) is 1.94. The minimum absolute atomic E-state index is 0.335. The van der Waals surface area contributed by atoms with Gasteiger partial charge in [0, 0.05) is 12.7 Å². The molecule has 4 rings (SSSR count). The van der Waals surface area contributed by atoms with Gasteiger partial charge in [-0.1, -0.05) is 60.7 Å². The van der Waals surface area contributed by atoms with Gasteiger partial charge in [0.05, 0.1) is 13.2 Å². The van der Waals surface area contributed by atoms with Crippen molar-refractivity contribution in [1.29, 1.82) is 0 Å². The van der Waals surface area contributed by atoms with Crippen molar-refractivity contribution >= 4 is 0 Å². The molecule has 1 N–H and O–H groups in total. The van der Waals surface area contributed by atoms with Gasteiger partial charge in [0.25, 0.3) is 0 Å². The summed E-state index contributed by atoms with van der Waals surface area (Å²) < 4.78 is 29.2. The van der Waals surface area contributed by atoms with Crippen LogP contribution in [0.5, 0.6) is 0 Å². The second-order valence-corrected chi connectivity index (χ2v) is 6.71. The van der Waals surface area contributed by atoms with E-state index in [-0.39, 0.29) is 6.10 Å². The molecule has 27 heavy (non-hydrogen) atoms. The van der Waals surface area contributed by atoms with Gasteiger partial charge in [-0.2, -0.15) is 0 Å². The van der Waals surface area contributed by atoms with Crippen LogP contribution >= 0.6 is 0 Å². The quantitative estimate of drug-likeness (QED) is 0.870. The van der Waals surface area contributed by atoms with Crippen LogP contribution in [-0.2, 0) is 30.3 Å². The molecule has 2 heterocycles. The van der Waals surface area contributed by atoms with E-state index >= 15 is 0 Å². The summed E-state index contributed by atoms with van der Waals surface area (Å²) in [4.78, 5) is 0. The molecule has 0 radical (unpaired) electrons. The Kier molecular flexibility index (Phi) is 5.83. The van der Waals surface area contributed by atoms with Crippen LogP contribution in [-0.4, -0.2) is 49.5 Å². The average Bonchev–Trinajstić information content (AvgIpc) is 2.74. The lowest BCUT2D eigenvalue weighted by atomic mass is 9.97. The first-order valence-corrected chi connectivity index (χ1v) is 9.10. The van der Waals surface area contributed by atoms with Crippen molar-refractivity contribution in [1.82, 2.24) is 0 Å². The molecular formula is C21H24O6. The Morgan fingerprint density at radius 3 is 2.41 bits per heavy atom. The Morgan fingerprint density at radius 1 is 1.00 bits per heavy atom. The first-order valence-electron chi connectivity index (χ1n) is 9.10. The highest BCUT2D eigenvalue weighted by Gasteiger charge is 2.50. The van der Waals surface area contributed by atoms with E-state index in [9.17, 15) is 5.11 Å². The smallest absolute Gasteiger partial charge is 0.186 e. The maximum Gasteiger partial charge on any atom is 0.186 e. The molecule has 2 fully saturated rings. The van der Waals surface area contributed by atoms with Crippen LogP contribution in [0.15, 0.2) is 60.7 Å². The Morgan fingerprint density at radius 2 is 1.70 bits per heavy atom. The molecule has 0 aromatic heterocycles. The number of hydrogen-bond acceptors (Lipinski definition) is 6. The molecule has 2 aliphatic rings. The minimum Gasteiger partial charge on any atom is -0.385 e. The number of methoxy groups -OCH3 is 1. The third-order valence-electron chi connectivity index (χ3n) is 4.90. The normalized spacial score (nSPS) is 33.4. The molecule has 6 heteroatoms. The van der Waals surface area contributed by atoms with E-state index in [0.717, 1.165) is 11.1 Å². The molecule has 2 aliphatic heterocycles. The van der Waals surface area contributed by atoms with Crippen molar-refractivity contribution in [3.63, 3.8) is 0 Å². The fraction of sp³-hybridized carbons (Fsp3) is 0.429. The zero-order valence-corrected chi connectivity index (χ0v) is 15.1. The van der Waals surface area contributed by atoms with Crippen LogP contribution in [0, 0.1) is 0 Å². The van der Waals surface area contributed by atoms with E-state index < -0.39 is 30.9 Å². The molecule has 0 aliphatic carbocycles. The number of hydrogen-bond donors (Lipinski definition) is 1. The lowest BCUT2D eigenvalue weighted by molar-refractivity contribution is -0.363. The van der Waals surface area contributed by atoms with Crippen LogP contribution in [0.2, 0.25) is 0 Å². The standard InChI is InChI=1S/C21H24O6/c1-23-21-17(22)19(24-12-14-8-4-2-5-9-14)18-16(26-21)13-25-20(27-18)15-10-6-3-7-11-15/h2-11,16-22H,12-13H2,1H3/t16-,17-,18-,19-,20?,21+/m1/s1. The van der Waals surface area contributed by atoms with Gasteiger partial charge >= 0.3 is 0 Å². The third kappa shape index (κ3) is 4.06. The van der Waals surface area contributed by atoms with Crippen molar-refractivity contribution < 1.29 is 28.8 Å². The molecule has 0 saturated carbocycles. The van der Waals surface area contributed by atoms with Crippen molar-refractivity contribution in [3.8, 4) is 0 Å². The topological polar surface area (TPSA) is 66.4 Å². The number of aliphatic hydroxyl groups is 1. The summed E-state index contributed by atoms with van der Waals surface area (Å²) in [6.45, 7) is 0.699. The average molecular weight is 372 g/mol. The highest BCUT2D eigenvalue weighted by molar-refractivity contribution is 5.17. The van der Waals surface area contributed by atoms with E-state index in [1.165, 1.54) is 7.11 Å². The van der Waals surface area contributed by atoms with Gasteiger partial charge in [0.2, 0.25) is 0 Å².